The van der Waals surface area contributed by atoms with Crippen LogP contribution >= 0.6 is 11.6 Å². The molecule has 0 radical (unpaired) electrons. The fourth-order valence-corrected chi connectivity index (χ4v) is 3.30. The quantitative estimate of drug-likeness (QED) is 0.506. The zero-order chi connectivity index (χ0) is 23.6. The number of ether oxygens (including phenoxy) is 2. The Hall–Kier alpha value is -3.85. The molecule has 3 rings (SSSR count). The number of carbonyl (C=O) groups excluding carboxylic acids is 4. The van der Waals surface area contributed by atoms with E-state index in [1.165, 1.54) is 25.3 Å². The number of urea groups is 1. The molecule has 2 aromatic carbocycles. The molecule has 1 fully saturated rings. The largest absolute Gasteiger partial charge is 0.493 e. The molecule has 1 aliphatic heterocycles. The molecular formula is C22H20ClN3O6. The van der Waals surface area contributed by atoms with Crippen LogP contribution in [-0.2, 0) is 14.4 Å². The number of carbonyl (C=O) groups is 4. The first-order valence-corrected chi connectivity index (χ1v) is 9.77. The second-order valence-electron chi connectivity index (χ2n) is 7.02. The molecule has 1 saturated heterocycles. The van der Waals surface area contributed by atoms with Gasteiger partial charge in [0.25, 0.3) is 17.7 Å². The van der Waals surface area contributed by atoms with Crippen molar-refractivity contribution >= 4 is 47.1 Å². The summed E-state index contributed by atoms with van der Waals surface area (Å²) in [6.07, 6.45) is 1.28. The summed E-state index contributed by atoms with van der Waals surface area (Å²) in [5.74, 6) is -2.08. The second-order valence-corrected chi connectivity index (χ2v) is 7.42. The van der Waals surface area contributed by atoms with Crippen LogP contribution in [0.15, 0.2) is 35.9 Å². The van der Waals surface area contributed by atoms with Crippen molar-refractivity contribution in [1.29, 1.82) is 0 Å². The van der Waals surface area contributed by atoms with Crippen molar-refractivity contribution in [2.45, 2.75) is 13.8 Å². The van der Waals surface area contributed by atoms with E-state index < -0.39 is 30.4 Å². The number of rotatable bonds is 6. The number of imide groups is 2. The molecular weight excluding hydrogens is 438 g/mol. The molecule has 2 aromatic rings. The maximum atomic E-state index is 13.1. The molecule has 10 heteroatoms. The van der Waals surface area contributed by atoms with Gasteiger partial charge >= 0.3 is 6.03 Å². The average molecular weight is 458 g/mol. The molecule has 0 aliphatic carbocycles. The zero-order valence-electron chi connectivity index (χ0n) is 17.5. The van der Waals surface area contributed by atoms with E-state index in [2.05, 4.69) is 5.32 Å². The number of nitrogens with zero attached hydrogens (tertiary/aromatic N) is 1. The molecule has 0 spiro atoms. The lowest BCUT2D eigenvalue weighted by molar-refractivity contribution is -0.123. The van der Waals surface area contributed by atoms with E-state index >= 15 is 0 Å². The van der Waals surface area contributed by atoms with Crippen molar-refractivity contribution in [1.82, 2.24) is 5.32 Å². The minimum absolute atomic E-state index is 0.0724. The molecule has 5 amide bonds. The minimum Gasteiger partial charge on any atom is -0.493 e. The number of methoxy groups -OCH3 is 1. The fourth-order valence-electron chi connectivity index (χ4n) is 3.03. The van der Waals surface area contributed by atoms with E-state index in [9.17, 15) is 19.2 Å². The number of barbiturate groups is 1. The summed E-state index contributed by atoms with van der Waals surface area (Å²) < 4.78 is 10.5. The predicted octanol–water partition coefficient (Wildman–Crippen LogP) is 2.50. The van der Waals surface area contributed by atoms with Gasteiger partial charge in [0.05, 0.1) is 17.8 Å². The lowest BCUT2D eigenvalue weighted by Gasteiger charge is -2.27. The van der Waals surface area contributed by atoms with E-state index in [0.717, 1.165) is 16.0 Å². The van der Waals surface area contributed by atoms with E-state index in [1.807, 2.05) is 13.8 Å². The molecule has 1 aliphatic rings. The van der Waals surface area contributed by atoms with Gasteiger partial charge in [-0.15, -0.1) is 0 Å². The van der Waals surface area contributed by atoms with E-state index in [0.29, 0.717) is 11.3 Å². The van der Waals surface area contributed by atoms with Crippen molar-refractivity contribution in [3.63, 3.8) is 0 Å². The number of nitrogens with one attached hydrogen (secondary N) is 1. The third kappa shape index (κ3) is 4.57. The maximum absolute atomic E-state index is 13.1. The van der Waals surface area contributed by atoms with Crippen LogP contribution in [0.4, 0.5) is 10.5 Å². The standard InChI is InChI=1S/C22H20ClN3O6/c1-11-4-5-14(6-12(11)2)26-21(29)15(20(28)25-22(26)30)7-13-8-16(23)19(17(9-13)31-3)32-10-18(24)27/h4-9H,10H2,1-3H3,(H2,24,27)(H,25,28,30)/b15-7+. The summed E-state index contributed by atoms with van der Waals surface area (Å²) in [7, 11) is 1.36. The average Bonchev–Trinajstić information content (AvgIpc) is 2.72. The maximum Gasteiger partial charge on any atom is 0.335 e. The van der Waals surface area contributed by atoms with Gasteiger partial charge < -0.3 is 15.2 Å². The molecule has 0 aromatic heterocycles. The summed E-state index contributed by atoms with van der Waals surface area (Å²) in [5.41, 5.74) is 7.36. The normalized spacial score (nSPS) is 15.1. The van der Waals surface area contributed by atoms with E-state index in [-0.39, 0.29) is 22.1 Å². The molecule has 0 saturated carbocycles. The third-order valence-corrected chi connectivity index (χ3v) is 5.05. The highest BCUT2D eigenvalue weighted by Crippen LogP contribution is 2.37. The van der Waals surface area contributed by atoms with Gasteiger partial charge in [0.1, 0.15) is 5.57 Å². The summed E-state index contributed by atoms with van der Waals surface area (Å²) in [5, 5.41) is 2.24. The summed E-state index contributed by atoms with van der Waals surface area (Å²) in [6.45, 7) is 3.34. The Morgan fingerprint density at radius 2 is 1.88 bits per heavy atom. The summed E-state index contributed by atoms with van der Waals surface area (Å²) in [4.78, 5) is 49.7. The Kier molecular flexibility index (Phi) is 6.50. The topological polar surface area (TPSA) is 128 Å². The number of amides is 5. The van der Waals surface area contributed by atoms with E-state index in [1.54, 1.807) is 18.2 Å². The van der Waals surface area contributed by atoms with Crippen LogP contribution < -0.4 is 25.4 Å². The zero-order valence-corrected chi connectivity index (χ0v) is 18.3. The Morgan fingerprint density at radius 3 is 2.50 bits per heavy atom. The number of halogens is 1. The number of aryl methyl sites for hydroxylation is 2. The van der Waals surface area contributed by atoms with Crippen LogP contribution in [0, 0.1) is 13.8 Å². The number of hydrogen-bond donors (Lipinski definition) is 2. The molecule has 9 nitrogen and oxygen atoms in total. The molecule has 0 unspecified atom stereocenters. The van der Waals surface area contributed by atoms with Gasteiger partial charge in [0, 0.05) is 0 Å². The van der Waals surface area contributed by atoms with Gasteiger partial charge in [0.15, 0.2) is 18.1 Å². The number of benzene rings is 2. The Balaban J connectivity index is 2.01. The van der Waals surface area contributed by atoms with Crippen LogP contribution in [0.25, 0.3) is 6.08 Å². The van der Waals surface area contributed by atoms with Crippen LogP contribution in [0.5, 0.6) is 11.5 Å². The Morgan fingerprint density at radius 1 is 1.16 bits per heavy atom. The number of anilines is 1. The van der Waals surface area contributed by atoms with Crippen LogP contribution in [0.1, 0.15) is 16.7 Å². The van der Waals surface area contributed by atoms with Crippen LogP contribution in [-0.4, -0.2) is 37.5 Å². The molecule has 0 bridgehead atoms. The first-order valence-electron chi connectivity index (χ1n) is 9.39. The van der Waals surface area contributed by atoms with E-state index in [4.69, 9.17) is 26.8 Å². The van der Waals surface area contributed by atoms with Crippen LogP contribution in [0.2, 0.25) is 5.02 Å². The molecule has 32 heavy (non-hydrogen) atoms. The van der Waals surface area contributed by atoms with Gasteiger partial charge in [0.2, 0.25) is 0 Å². The number of hydrogen-bond acceptors (Lipinski definition) is 6. The monoisotopic (exact) mass is 457 g/mol. The van der Waals surface area contributed by atoms with Crippen molar-refractivity contribution in [2.24, 2.45) is 5.73 Å². The summed E-state index contributed by atoms with van der Waals surface area (Å²) >= 11 is 6.23. The fraction of sp³-hybridized carbons (Fsp3) is 0.182. The Labute approximate surface area is 188 Å². The lowest BCUT2D eigenvalue weighted by atomic mass is 10.0. The van der Waals surface area contributed by atoms with Crippen molar-refractivity contribution < 1.29 is 28.7 Å². The van der Waals surface area contributed by atoms with Gasteiger partial charge in [-0.3, -0.25) is 19.7 Å². The lowest BCUT2D eigenvalue weighted by Crippen LogP contribution is -2.54. The molecule has 0 atom stereocenters. The highest BCUT2D eigenvalue weighted by molar-refractivity contribution is 6.39. The van der Waals surface area contributed by atoms with Gasteiger partial charge in [-0.25, -0.2) is 9.69 Å². The number of nitrogens with two attached hydrogens (primary N) is 1. The highest BCUT2D eigenvalue weighted by atomic mass is 35.5. The second kappa shape index (κ2) is 9.11. The Bertz CT molecular complexity index is 1170. The van der Waals surface area contributed by atoms with Crippen LogP contribution in [0.3, 0.4) is 0 Å². The third-order valence-electron chi connectivity index (χ3n) is 4.77. The van der Waals surface area contributed by atoms with Gasteiger partial charge in [-0.2, -0.15) is 0 Å². The van der Waals surface area contributed by atoms with Gasteiger partial charge in [-0.05, 0) is 60.9 Å². The predicted molar refractivity (Wildman–Crippen MR) is 118 cm³/mol. The van der Waals surface area contributed by atoms with Gasteiger partial charge in [-0.1, -0.05) is 17.7 Å². The molecule has 3 N–H and O–H groups in total. The SMILES string of the molecule is COc1cc(/C=C2\C(=O)NC(=O)N(c3ccc(C)c(C)c3)C2=O)cc(Cl)c1OCC(N)=O. The summed E-state index contributed by atoms with van der Waals surface area (Å²) in [6, 6.07) is 7.13. The smallest absolute Gasteiger partial charge is 0.335 e. The molecule has 1 heterocycles. The first-order chi connectivity index (χ1) is 15.1. The number of primary amides is 1. The van der Waals surface area contributed by atoms with Crippen molar-refractivity contribution in [2.75, 3.05) is 18.6 Å². The molecule has 166 valence electrons. The van der Waals surface area contributed by atoms with Crippen molar-refractivity contribution in [3.8, 4) is 11.5 Å². The minimum atomic E-state index is -0.843. The highest BCUT2D eigenvalue weighted by Gasteiger charge is 2.37. The van der Waals surface area contributed by atoms with Crippen molar-refractivity contribution in [3.05, 3.63) is 57.6 Å². The first kappa shape index (κ1) is 22.8.